The lowest BCUT2D eigenvalue weighted by atomic mass is 10.1. The first-order chi connectivity index (χ1) is 12.2. The Hall–Kier alpha value is -2.07. The molecule has 0 amide bonds. The highest BCUT2D eigenvalue weighted by atomic mass is 79.9. The summed E-state index contributed by atoms with van der Waals surface area (Å²) in [6.07, 6.45) is 2.16. The van der Waals surface area contributed by atoms with Crippen LogP contribution in [0.15, 0.2) is 29.0 Å². The molecule has 0 saturated carbocycles. The van der Waals surface area contributed by atoms with E-state index >= 15 is 0 Å². The number of aromatic nitrogens is 2. The molecule has 0 saturated heterocycles. The highest BCUT2D eigenvalue weighted by molar-refractivity contribution is 9.10. The quantitative estimate of drug-likeness (QED) is 0.446. The Bertz CT molecular complexity index is 837. The Morgan fingerprint density at radius 3 is 2.62 bits per heavy atom. The smallest absolute Gasteiger partial charge is 0.288 e. The maximum absolute atomic E-state index is 13.1. The van der Waals surface area contributed by atoms with Crippen molar-refractivity contribution in [3.05, 3.63) is 49.8 Å². The van der Waals surface area contributed by atoms with E-state index in [-0.39, 0.29) is 16.5 Å². The fraction of sp³-hybridized carbons (Fsp3) is 0.231. The van der Waals surface area contributed by atoms with Crippen molar-refractivity contribution < 1.29 is 22.6 Å². The Morgan fingerprint density at radius 2 is 2.12 bits per heavy atom. The van der Waals surface area contributed by atoms with Crippen LogP contribution >= 0.6 is 27.5 Å². The molecule has 0 bridgehead atoms. The van der Waals surface area contributed by atoms with Gasteiger partial charge in [-0.3, -0.25) is 10.1 Å². The van der Waals surface area contributed by atoms with Crippen LogP contribution in [0.3, 0.4) is 0 Å². The number of anilines is 1. The number of ether oxygens (including phenoxy) is 1. The average molecular weight is 429 g/mol. The molecular weight excluding hydrogens is 414 g/mol. The van der Waals surface area contributed by atoms with Crippen molar-refractivity contribution in [2.75, 3.05) is 12.8 Å². The lowest BCUT2D eigenvalue weighted by molar-refractivity contribution is -0.385. The zero-order valence-electron chi connectivity index (χ0n) is 15.0. The number of alkyl halides is 2. The number of nitrogens with zero attached hydrogens (tertiary/aromatic N) is 3. The van der Waals surface area contributed by atoms with Crippen molar-refractivity contribution in [2.24, 2.45) is 0 Å². The van der Waals surface area contributed by atoms with Gasteiger partial charge in [0.25, 0.3) is 11.6 Å². The summed E-state index contributed by atoms with van der Waals surface area (Å²) in [4.78, 5) is 16.7. The van der Waals surface area contributed by atoms with Crippen LogP contribution in [0.2, 0.25) is 5.15 Å². The molecular formula is C13H12BrClF2N4O3. The van der Waals surface area contributed by atoms with E-state index in [2.05, 4.69) is 30.6 Å². The minimum atomic E-state index is -3.27. The van der Waals surface area contributed by atoms with Crippen LogP contribution in [0.4, 0.5) is 20.2 Å². The fourth-order valence-corrected chi connectivity index (χ4v) is 1.82. The molecule has 11 heteroatoms. The number of pyridine rings is 2. The van der Waals surface area contributed by atoms with Gasteiger partial charge >= 0.3 is 0 Å². The zero-order valence-corrected chi connectivity index (χ0v) is 14.3. The van der Waals surface area contributed by atoms with Crippen LogP contribution in [0.1, 0.15) is 16.6 Å². The molecule has 0 radical (unpaired) electrons. The van der Waals surface area contributed by atoms with Crippen molar-refractivity contribution >= 4 is 38.9 Å². The van der Waals surface area contributed by atoms with E-state index in [4.69, 9.17) is 21.4 Å². The molecule has 0 atom stereocenters. The van der Waals surface area contributed by atoms with Crippen molar-refractivity contribution in [1.29, 1.82) is 0 Å². The first-order valence-electron chi connectivity index (χ1n) is 7.49. The molecule has 2 aromatic rings. The van der Waals surface area contributed by atoms with Gasteiger partial charge in [0.05, 0.1) is 38.0 Å². The van der Waals surface area contributed by atoms with E-state index in [1.54, 1.807) is 0 Å². The number of hydrogen-bond acceptors (Lipinski definition) is 6. The highest BCUT2D eigenvalue weighted by Crippen LogP contribution is 2.33. The highest BCUT2D eigenvalue weighted by Gasteiger charge is 2.29. The number of nitrogen functional groups attached to an aromatic ring is 1. The van der Waals surface area contributed by atoms with Crippen molar-refractivity contribution in [1.82, 2.24) is 9.97 Å². The van der Waals surface area contributed by atoms with Gasteiger partial charge in [-0.1, -0.05) is 11.6 Å². The number of nitro groups is 1. The lowest BCUT2D eigenvalue weighted by Gasteiger charge is -2.13. The normalized spacial score (nSPS) is 13.0. The van der Waals surface area contributed by atoms with Crippen LogP contribution in [0, 0.1) is 10.1 Å². The molecule has 24 heavy (non-hydrogen) atoms. The van der Waals surface area contributed by atoms with E-state index in [1.165, 1.54) is 6.07 Å². The molecule has 0 aromatic carbocycles. The van der Waals surface area contributed by atoms with Crippen LogP contribution < -0.4 is 10.5 Å². The maximum Gasteiger partial charge on any atom is 0.288 e. The Balaban J connectivity index is 0.000000289. The molecule has 0 spiro atoms. The second kappa shape index (κ2) is 8.15. The first kappa shape index (κ1) is 15.5. The molecule has 0 aliphatic heterocycles. The number of methoxy groups -OCH3 is 1. The summed E-state index contributed by atoms with van der Waals surface area (Å²) >= 11 is 8.52. The van der Waals surface area contributed by atoms with Gasteiger partial charge in [-0.15, -0.1) is 0 Å². The third-order valence-corrected chi connectivity index (χ3v) is 3.57. The topological polar surface area (TPSA) is 104 Å². The van der Waals surface area contributed by atoms with Gasteiger partial charge < -0.3 is 10.5 Å². The first-order valence-corrected chi connectivity index (χ1v) is 7.16. The van der Waals surface area contributed by atoms with Crippen LogP contribution in [-0.2, 0) is 5.92 Å². The predicted octanol–water partition coefficient (Wildman–Crippen LogP) is 4.19. The van der Waals surface area contributed by atoms with Gasteiger partial charge in [0, 0.05) is 13.0 Å². The summed E-state index contributed by atoms with van der Waals surface area (Å²) in [5, 5.41) is 10.4. The van der Waals surface area contributed by atoms with Crippen LogP contribution in [-0.4, -0.2) is 21.9 Å². The largest absolute Gasteiger partial charge is 0.481 e. The van der Waals surface area contributed by atoms with E-state index in [9.17, 15) is 18.9 Å². The van der Waals surface area contributed by atoms with Gasteiger partial charge in [0.2, 0.25) is 5.88 Å². The molecule has 0 aliphatic rings. The molecule has 2 N–H and O–H groups in total. The standard InChI is InChI=1S/C8H10F2N2O.C5H2BrClN2O2/c1-8(9,10)6-3-5(11)4-12-7(6)13-2;6-4-1-3(9(10)11)2-8-5(4)7/h3-4H,11H2,1-2H3;1-2H/i2D3;. The minimum absolute atomic E-state index is 0.00872. The number of hydrogen-bond donors (Lipinski definition) is 1. The van der Waals surface area contributed by atoms with Gasteiger partial charge in [-0.2, -0.15) is 0 Å². The summed E-state index contributed by atoms with van der Waals surface area (Å²) in [5.74, 6) is -3.91. The van der Waals surface area contributed by atoms with E-state index in [1.807, 2.05) is 0 Å². The molecule has 2 aromatic heterocycles. The zero-order chi connectivity index (χ0) is 21.0. The van der Waals surface area contributed by atoms with Gasteiger partial charge in [-0.05, 0) is 22.0 Å². The SMILES string of the molecule is O=[N+]([O-])c1cnc(Cl)c(Br)c1.[2H]C([2H])([2H])Oc1ncc(N)cc1C(C)(F)F. The number of nitrogens with two attached hydrogens (primary N) is 1. The van der Waals surface area contributed by atoms with Gasteiger partial charge in [0.15, 0.2) is 0 Å². The Kier molecular flexibility index (Phi) is 5.25. The minimum Gasteiger partial charge on any atom is -0.481 e. The molecule has 0 unspecified atom stereocenters. The van der Waals surface area contributed by atoms with E-state index < -0.39 is 29.3 Å². The van der Waals surface area contributed by atoms with E-state index in [0.29, 0.717) is 11.4 Å². The summed E-state index contributed by atoms with van der Waals surface area (Å²) in [6.45, 7) is 0.607. The molecule has 2 heterocycles. The van der Waals surface area contributed by atoms with E-state index in [0.717, 1.165) is 18.5 Å². The molecule has 7 nitrogen and oxygen atoms in total. The van der Waals surface area contributed by atoms with Gasteiger partial charge in [-0.25, -0.2) is 18.7 Å². The maximum atomic E-state index is 13.1. The van der Waals surface area contributed by atoms with Gasteiger partial charge in [0.1, 0.15) is 11.3 Å². The molecule has 0 aliphatic carbocycles. The second-order valence-electron chi connectivity index (χ2n) is 4.34. The fourth-order valence-electron chi connectivity index (χ4n) is 1.38. The Labute approximate surface area is 153 Å². The monoisotopic (exact) mass is 427 g/mol. The second-order valence-corrected chi connectivity index (χ2v) is 5.55. The molecule has 0 fully saturated rings. The summed E-state index contributed by atoms with van der Waals surface area (Å²) in [5.41, 5.74) is 4.57. The summed E-state index contributed by atoms with van der Waals surface area (Å²) < 4.78 is 51.5. The third-order valence-electron chi connectivity index (χ3n) is 2.43. The van der Waals surface area contributed by atoms with Crippen LogP contribution in [0.5, 0.6) is 5.88 Å². The summed E-state index contributed by atoms with van der Waals surface area (Å²) in [7, 11) is -2.83. The predicted molar refractivity (Wildman–Crippen MR) is 88.4 cm³/mol. The third kappa shape index (κ3) is 5.53. The van der Waals surface area contributed by atoms with Crippen molar-refractivity contribution in [3.63, 3.8) is 0 Å². The molecule has 2 rings (SSSR count). The van der Waals surface area contributed by atoms with Crippen molar-refractivity contribution in [2.45, 2.75) is 12.8 Å². The van der Waals surface area contributed by atoms with Crippen LogP contribution in [0.25, 0.3) is 0 Å². The number of rotatable bonds is 3. The molecule has 130 valence electrons. The Morgan fingerprint density at radius 1 is 1.46 bits per heavy atom. The van der Waals surface area contributed by atoms with Crippen molar-refractivity contribution in [3.8, 4) is 5.88 Å². The summed E-state index contributed by atoms with van der Waals surface area (Å²) in [6, 6.07) is 2.24. The number of halogens is 4. The lowest BCUT2D eigenvalue weighted by Crippen LogP contribution is -2.10. The average Bonchev–Trinajstić information content (AvgIpc) is 2.50.